The molecule has 0 bridgehead atoms. The van der Waals surface area contributed by atoms with Crippen molar-refractivity contribution in [3.63, 3.8) is 0 Å². The van der Waals surface area contributed by atoms with Crippen molar-refractivity contribution in [1.82, 2.24) is 10.1 Å². The Balaban J connectivity index is 2.25. The number of aromatic nitrogens is 2. The molecule has 0 aliphatic carbocycles. The quantitative estimate of drug-likeness (QED) is 0.812. The maximum atomic E-state index is 12.6. The Kier molecular flexibility index (Phi) is 4.85. The molecule has 0 aliphatic heterocycles. The van der Waals surface area contributed by atoms with Crippen LogP contribution in [-0.2, 0) is 15.6 Å². The first-order chi connectivity index (χ1) is 10.3. The molecule has 1 atom stereocenters. The van der Waals surface area contributed by atoms with Crippen LogP contribution in [0.2, 0.25) is 0 Å². The maximum absolute atomic E-state index is 12.6. The Bertz CT molecular complexity index is 738. The van der Waals surface area contributed by atoms with Gasteiger partial charge in [-0.1, -0.05) is 37.2 Å². The van der Waals surface area contributed by atoms with E-state index in [9.17, 15) is 8.42 Å². The summed E-state index contributed by atoms with van der Waals surface area (Å²) >= 11 is 0. The topological polar surface area (TPSA) is 82.3 Å². The van der Waals surface area contributed by atoms with Gasteiger partial charge in [0.2, 0.25) is 5.89 Å². The van der Waals surface area contributed by atoms with Crippen LogP contribution in [0.5, 0.6) is 5.75 Å². The highest BCUT2D eigenvalue weighted by Crippen LogP contribution is 2.28. The molecular formula is C15H20N2O4S. The summed E-state index contributed by atoms with van der Waals surface area (Å²) in [5.74, 6) is 1.12. The lowest BCUT2D eigenvalue weighted by molar-refractivity contribution is 0.369. The van der Waals surface area contributed by atoms with E-state index in [0.29, 0.717) is 17.1 Å². The van der Waals surface area contributed by atoms with E-state index >= 15 is 0 Å². The number of para-hydroxylation sites is 1. The molecule has 2 aromatic rings. The molecule has 0 spiro atoms. The molecular weight excluding hydrogens is 304 g/mol. The van der Waals surface area contributed by atoms with E-state index in [1.807, 2.05) is 13.8 Å². The highest BCUT2D eigenvalue weighted by Gasteiger charge is 2.29. The molecule has 120 valence electrons. The highest BCUT2D eigenvalue weighted by atomic mass is 32.2. The number of rotatable bonds is 6. The summed E-state index contributed by atoms with van der Waals surface area (Å²) in [6.07, 6.45) is 0. The third-order valence-electron chi connectivity index (χ3n) is 3.41. The summed E-state index contributed by atoms with van der Waals surface area (Å²) in [4.78, 5) is 4.17. The standard InChI is InChI=1S/C15H20N2O4S/c1-10(2)14-16-15(21-17-14)11(3)22(18,19)9-12-7-5-6-8-13(12)20-4/h5-8,10-11H,9H2,1-4H3/t11-/m1/s1. The Hall–Kier alpha value is -1.89. The van der Waals surface area contributed by atoms with Crippen LogP contribution >= 0.6 is 0 Å². The van der Waals surface area contributed by atoms with Crippen molar-refractivity contribution < 1.29 is 17.7 Å². The molecule has 1 aromatic carbocycles. The second kappa shape index (κ2) is 6.48. The second-order valence-corrected chi connectivity index (χ2v) is 7.73. The van der Waals surface area contributed by atoms with Gasteiger partial charge >= 0.3 is 0 Å². The SMILES string of the molecule is COc1ccccc1CS(=O)(=O)[C@H](C)c1nc(C(C)C)no1. The van der Waals surface area contributed by atoms with Crippen LogP contribution in [0, 0.1) is 0 Å². The average Bonchev–Trinajstić information content (AvgIpc) is 2.96. The van der Waals surface area contributed by atoms with E-state index in [1.165, 1.54) is 7.11 Å². The van der Waals surface area contributed by atoms with Crippen molar-refractivity contribution in [3.8, 4) is 5.75 Å². The Morgan fingerprint density at radius 1 is 1.23 bits per heavy atom. The second-order valence-electron chi connectivity index (χ2n) is 5.41. The molecule has 0 saturated heterocycles. The zero-order valence-corrected chi connectivity index (χ0v) is 13.9. The first kappa shape index (κ1) is 16.5. The lowest BCUT2D eigenvalue weighted by atomic mass is 10.2. The van der Waals surface area contributed by atoms with Crippen molar-refractivity contribution in [2.75, 3.05) is 7.11 Å². The van der Waals surface area contributed by atoms with Gasteiger partial charge < -0.3 is 9.26 Å². The minimum atomic E-state index is -3.49. The van der Waals surface area contributed by atoms with Crippen LogP contribution in [0.25, 0.3) is 0 Å². The molecule has 1 heterocycles. The van der Waals surface area contributed by atoms with Crippen LogP contribution in [0.1, 0.15) is 49.2 Å². The van der Waals surface area contributed by atoms with E-state index < -0.39 is 15.1 Å². The molecule has 0 aliphatic rings. The zero-order chi connectivity index (χ0) is 16.3. The number of nitrogens with zero attached hydrogens (tertiary/aromatic N) is 2. The number of methoxy groups -OCH3 is 1. The smallest absolute Gasteiger partial charge is 0.244 e. The van der Waals surface area contributed by atoms with E-state index in [2.05, 4.69) is 10.1 Å². The van der Waals surface area contributed by atoms with Crippen LogP contribution in [-0.4, -0.2) is 25.7 Å². The molecule has 0 N–H and O–H groups in total. The minimum absolute atomic E-state index is 0.0848. The zero-order valence-electron chi connectivity index (χ0n) is 13.1. The Morgan fingerprint density at radius 2 is 1.91 bits per heavy atom. The first-order valence-corrected chi connectivity index (χ1v) is 8.73. The summed E-state index contributed by atoms with van der Waals surface area (Å²) in [7, 11) is -1.97. The molecule has 0 fully saturated rings. The van der Waals surface area contributed by atoms with Gasteiger partial charge in [0, 0.05) is 11.5 Å². The van der Waals surface area contributed by atoms with Gasteiger partial charge in [-0.3, -0.25) is 0 Å². The van der Waals surface area contributed by atoms with Gasteiger partial charge in [0.1, 0.15) is 11.0 Å². The van der Waals surface area contributed by atoms with Crippen molar-refractivity contribution >= 4 is 9.84 Å². The van der Waals surface area contributed by atoms with Gasteiger partial charge in [0.25, 0.3) is 0 Å². The molecule has 0 saturated carbocycles. The number of hydrogen-bond acceptors (Lipinski definition) is 6. The van der Waals surface area contributed by atoms with E-state index in [4.69, 9.17) is 9.26 Å². The molecule has 2 rings (SSSR count). The lowest BCUT2D eigenvalue weighted by Crippen LogP contribution is -2.14. The van der Waals surface area contributed by atoms with Crippen LogP contribution in [0.15, 0.2) is 28.8 Å². The van der Waals surface area contributed by atoms with E-state index in [1.54, 1.807) is 31.2 Å². The van der Waals surface area contributed by atoms with Gasteiger partial charge in [0.15, 0.2) is 15.7 Å². The van der Waals surface area contributed by atoms with Crippen molar-refractivity contribution in [3.05, 3.63) is 41.5 Å². The number of hydrogen-bond donors (Lipinski definition) is 0. The summed E-state index contributed by atoms with van der Waals surface area (Å²) in [5, 5.41) is 2.95. The number of ether oxygens (including phenoxy) is 1. The Labute approximate surface area is 130 Å². The van der Waals surface area contributed by atoms with Crippen molar-refractivity contribution in [1.29, 1.82) is 0 Å². The van der Waals surface area contributed by atoms with Gasteiger partial charge in [-0.15, -0.1) is 0 Å². The lowest BCUT2D eigenvalue weighted by Gasteiger charge is -2.11. The van der Waals surface area contributed by atoms with Gasteiger partial charge in [-0.05, 0) is 13.0 Å². The summed E-state index contributed by atoms with van der Waals surface area (Å²) < 4.78 is 35.4. The molecule has 7 heteroatoms. The molecule has 6 nitrogen and oxygen atoms in total. The monoisotopic (exact) mass is 324 g/mol. The third kappa shape index (κ3) is 3.47. The normalized spacial score (nSPS) is 13.3. The van der Waals surface area contributed by atoms with Gasteiger partial charge in [0.05, 0.1) is 12.9 Å². The summed E-state index contributed by atoms with van der Waals surface area (Å²) in [6.45, 7) is 5.40. The summed E-state index contributed by atoms with van der Waals surface area (Å²) in [5.41, 5.74) is 0.612. The van der Waals surface area contributed by atoms with Gasteiger partial charge in [-0.25, -0.2) is 8.42 Å². The molecule has 1 aromatic heterocycles. The fourth-order valence-electron chi connectivity index (χ4n) is 1.96. The molecule has 0 unspecified atom stereocenters. The number of sulfone groups is 1. The van der Waals surface area contributed by atoms with Crippen LogP contribution < -0.4 is 4.74 Å². The fourth-order valence-corrected chi connectivity index (χ4v) is 3.29. The highest BCUT2D eigenvalue weighted by molar-refractivity contribution is 7.90. The van der Waals surface area contributed by atoms with Crippen molar-refractivity contribution in [2.45, 2.75) is 37.7 Å². The van der Waals surface area contributed by atoms with Crippen LogP contribution in [0.3, 0.4) is 0 Å². The predicted molar refractivity (Wildman–Crippen MR) is 82.4 cm³/mol. The van der Waals surface area contributed by atoms with E-state index in [0.717, 1.165) is 0 Å². The minimum Gasteiger partial charge on any atom is -0.496 e. The van der Waals surface area contributed by atoms with Crippen molar-refractivity contribution in [2.24, 2.45) is 0 Å². The first-order valence-electron chi connectivity index (χ1n) is 7.02. The predicted octanol–water partition coefficient (Wildman–Crippen LogP) is 2.88. The summed E-state index contributed by atoms with van der Waals surface area (Å²) in [6, 6.07) is 7.04. The fraction of sp³-hybridized carbons (Fsp3) is 0.467. The molecule has 22 heavy (non-hydrogen) atoms. The third-order valence-corrected chi connectivity index (χ3v) is 5.40. The number of benzene rings is 1. The Morgan fingerprint density at radius 3 is 2.50 bits per heavy atom. The van der Waals surface area contributed by atoms with Crippen LogP contribution in [0.4, 0.5) is 0 Å². The largest absolute Gasteiger partial charge is 0.496 e. The molecule has 0 radical (unpaired) electrons. The maximum Gasteiger partial charge on any atom is 0.244 e. The average molecular weight is 324 g/mol. The van der Waals surface area contributed by atoms with E-state index in [-0.39, 0.29) is 17.6 Å². The molecule has 0 amide bonds. The van der Waals surface area contributed by atoms with Gasteiger partial charge in [-0.2, -0.15) is 4.98 Å².